The van der Waals surface area contributed by atoms with E-state index in [1.807, 2.05) is 30.3 Å². The molecule has 2 aromatic carbocycles. The van der Waals surface area contributed by atoms with Crippen molar-refractivity contribution in [3.8, 4) is 0 Å². The maximum atomic E-state index is 11.8. The minimum Gasteiger partial charge on any atom is -1.00 e. The summed E-state index contributed by atoms with van der Waals surface area (Å²) in [6, 6.07) is 17.1. The number of halogens is 1. The highest BCUT2D eigenvalue weighted by Crippen LogP contribution is 2.16. The third kappa shape index (κ3) is 5.23. The van der Waals surface area contributed by atoms with Crippen molar-refractivity contribution in [2.45, 2.75) is 0 Å². The van der Waals surface area contributed by atoms with Crippen LogP contribution in [0, 0.1) is 0 Å². The lowest BCUT2D eigenvalue weighted by Gasteiger charge is -2.23. The molecule has 1 N–H and O–H groups in total. The molecule has 0 spiro atoms. The Morgan fingerprint density at radius 2 is 1.59 bits per heavy atom. The van der Waals surface area contributed by atoms with Crippen LogP contribution in [-0.4, -0.2) is 33.3 Å². The summed E-state index contributed by atoms with van der Waals surface area (Å²) in [5.41, 5.74) is 5.27. The first-order valence-electron chi connectivity index (χ1n) is 6.77. The summed E-state index contributed by atoms with van der Waals surface area (Å²) < 4.78 is 0.766. The van der Waals surface area contributed by atoms with Crippen LogP contribution in [0.2, 0.25) is 0 Å². The van der Waals surface area contributed by atoms with Crippen molar-refractivity contribution >= 4 is 17.8 Å². The lowest BCUT2D eigenvalue weighted by Crippen LogP contribution is -3.00. The van der Waals surface area contributed by atoms with Crippen LogP contribution in [0.25, 0.3) is 0 Å². The summed E-state index contributed by atoms with van der Waals surface area (Å²) in [7, 11) is 6.34. The Morgan fingerprint density at radius 1 is 1.00 bits per heavy atom. The summed E-state index contributed by atoms with van der Waals surface area (Å²) in [5.74, 6) is -0.213. The molecule has 1 amide bonds. The molecule has 2 aromatic rings. The average Bonchev–Trinajstić information content (AvgIpc) is 2.47. The zero-order chi connectivity index (χ0) is 15.3. The van der Waals surface area contributed by atoms with E-state index in [4.69, 9.17) is 0 Å². The van der Waals surface area contributed by atoms with Gasteiger partial charge >= 0.3 is 0 Å². The largest absolute Gasteiger partial charge is 1.00 e. The van der Waals surface area contributed by atoms with Gasteiger partial charge in [-0.2, -0.15) is 5.10 Å². The molecule has 5 heteroatoms. The number of benzene rings is 2. The van der Waals surface area contributed by atoms with Crippen molar-refractivity contribution < 1.29 is 28.8 Å². The monoisotopic (exact) mass is 409 g/mol. The second-order valence-electron chi connectivity index (χ2n) is 5.67. The maximum absolute atomic E-state index is 11.8. The van der Waals surface area contributed by atoms with Gasteiger partial charge in [-0.05, 0) is 42.0 Å². The number of quaternary nitrogens is 1. The Labute approximate surface area is 148 Å². The van der Waals surface area contributed by atoms with E-state index in [0.29, 0.717) is 5.56 Å². The molecule has 0 heterocycles. The Balaban J connectivity index is 0.00000242. The van der Waals surface area contributed by atoms with Gasteiger partial charge in [0.25, 0.3) is 5.91 Å². The molecule has 4 nitrogen and oxygen atoms in total. The molecule has 0 aliphatic rings. The number of carbonyl (C=O) groups is 1. The van der Waals surface area contributed by atoms with Crippen LogP contribution in [0.3, 0.4) is 0 Å². The Bertz CT molecular complexity index is 631. The van der Waals surface area contributed by atoms with Gasteiger partial charge in [-0.15, -0.1) is 0 Å². The van der Waals surface area contributed by atoms with E-state index < -0.39 is 0 Å². The average molecular weight is 409 g/mol. The summed E-state index contributed by atoms with van der Waals surface area (Å²) >= 11 is 0. The number of rotatable bonds is 4. The zero-order valence-electron chi connectivity index (χ0n) is 13.0. The number of carbonyl (C=O) groups excluding carboxylic acids is 1. The molecule has 0 aromatic heterocycles. The first-order chi connectivity index (χ1) is 9.97. The highest BCUT2D eigenvalue weighted by atomic mass is 127. The van der Waals surface area contributed by atoms with Crippen molar-refractivity contribution in [1.29, 1.82) is 0 Å². The highest BCUT2D eigenvalue weighted by Gasteiger charge is 2.10. The third-order valence-electron chi connectivity index (χ3n) is 3.08. The predicted molar refractivity (Wildman–Crippen MR) is 87.5 cm³/mol. The fraction of sp³-hybridized carbons (Fsp3) is 0.176. The van der Waals surface area contributed by atoms with Gasteiger partial charge in [0.05, 0.1) is 27.4 Å². The highest BCUT2D eigenvalue weighted by molar-refractivity contribution is 5.94. The van der Waals surface area contributed by atoms with Crippen LogP contribution >= 0.6 is 0 Å². The second kappa shape index (κ2) is 8.05. The summed E-state index contributed by atoms with van der Waals surface area (Å²) in [4.78, 5) is 11.8. The predicted octanol–water partition coefficient (Wildman–Crippen LogP) is -0.349. The molecule has 0 saturated heterocycles. The van der Waals surface area contributed by atoms with Crippen molar-refractivity contribution in [2.24, 2.45) is 5.10 Å². The van der Waals surface area contributed by atoms with Crippen LogP contribution in [0.1, 0.15) is 15.9 Å². The number of nitrogens with one attached hydrogen (secondary N) is 1. The summed E-state index contributed by atoms with van der Waals surface area (Å²) in [6.07, 6.45) is 1.64. The molecule has 116 valence electrons. The summed E-state index contributed by atoms with van der Waals surface area (Å²) in [6.45, 7) is 0. The Kier molecular flexibility index (Phi) is 6.70. The van der Waals surface area contributed by atoms with Gasteiger partial charge in [0.15, 0.2) is 0 Å². The van der Waals surface area contributed by atoms with Gasteiger partial charge in [0, 0.05) is 5.56 Å². The van der Waals surface area contributed by atoms with Crippen molar-refractivity contribution in [1.82, 2.24) is 9.91 Å². The topological polar surface area (TPSA) is 41.5 Å². The molecule has 0 saturated carbocycles. The second-order valence-corrected chi connectivity index (χ2v) is 5.67. The zero-order valence-corrected chi connectivity index (χ0v) is 15.1. The van der Waals surface area contributed by atoms with E-state index in [9.17, 15) is 4.79 Å². The molecular weight excluding hydrogens is 389 g/mol. The molecule has 0 aliphatic carbocycles. The summed E-state index contributed by atoms with van der Waals surface area (Å²) in [5, 5.41) is 3.98. The molecule has 22 heavy (non-hydrogen) atoms. The van der Waals surface area contributed by atoms with E-state index >= 15 is 0 Å². The van der Waals surface area contributed by atoms with E-state index in [2.05, 4.69) is 43.8 Å². The van der Waals surface area contributed by atoms with Crippen LogP contribution in [-0.2, 0) is 0 Å². The number of nitrogens with zero attached hydrogens (tertiary/aromatic N) is 2. The minimum absolute atomic E-state index is 0. The Hall–Kier alpha value is -1.73. The fourth-order valence-corrected chi connectivity index (χ4v) is 1.83. The smallest absolute Gasteiger partial charge is 0.271 e. The fourth-order valence-electron chi connectivity index (χ4n) is 1.83. The van der Waals surface area contributed by atoms with Gasteiger partial charge in [-0.3, -0.25) is 9.28 Å². The van der Waals surface area contributed by atoms with Crippen LogP contribution < -0.4 is 33.9 Å². The molecule has 0 bridgehead atoms. The van der Waals surface area contributed by atoms with E-state index in [1.165, 1.54) is 5.69 Å². The van der Waals surface area contributed by atoms with Gasteiger partial charge in [0.1, 0.15) is 5.69 Å². The van der Waals surface area contributed by atoms with Gasteiger partial charge in [-0.1, -0.05) is 18.2 Å². The normalized spacial score (nSPS) is 11.0. The quantitative estimate of drug-likeness (QED) is 0.319. The lowest BCUT2D eigenvalue weighted by molar-refractivity contribution is -0.0000127. The van der Waals surface area contributed by atoms with Crippen LogP contribution in [0.15, 0.2) is 59.7 Å². The number of amides is 1. The van der Waals surface area contributed by atoms with Crippen molar-refractivity contribution in [3.05, 3.63) is 65.7 Å². The molecule has 0 aliphatic heterocycles. The van der Waals surface area contributed by atoms with Crippen LogP contribution in [0.4, 0.5) is 5.69 Å². The standard InChI is InChI=1S/C17H19N3O.HI/c1-20(2,3)16-11-9-14(10-12-16)13-18-19-17(21)15-7-5-4-6-8-15;/h4-13H,1-3H3;1H. The molecule has 0 atom stereocenters. The van der Waals surface area contributed by atoms with Crippen molar-refractivity contribution in [2.75, 3.05) is 21.1 Å². The van der Waals surface area contributed by atoms with E-state index in [1.54, 1.807) is 18.3 Å². The first-order valence-corrected chi connectivity index (χ1v) is 6.77. The van der Waals surface area contributed by atoms with Crippen LogP contribution in [0.5, 0.6) is 0 Å². The first kappa shape index (κ1) is 18.3. The van der Waals surface area contributed by atoms with Gasteiger partial charge < -0.3 is 24.0 Å². The molecule has 0 unspecified atom stereocenters. The molecular formula is C17H20IN3O. The van der Waals surface area contributed by atoms with E-state index in [0.717, 1.165) is 10.0 Å². The number of hydrogen-bond acceptors (Lipinski definition) is 2. The minimum atomic E-state index is -0.213. The maximum Gasteiger partial charge on any atom is 0.271 e. The molecule has 2 rings (SSSR count). The SMILES string of the molecule is C[N+](C)(C)c1ccc(C=NNC(=O)c2ccccc2)cc1.[I-]. The number of hydrogen-bond donors (Lipinski definition) is 1. The van der Waals surface area contributed by atoms with E-state index in [-0.39, 0.29) is 29.9 Å². The van der Waals surface area contributed by atoms with Gasteiger partial charge in [0.2, 0.25) is 0 Å². The molecule has 0 fully saturated rings. The lowest BCUT2D eigenvalue weighted by atomic mass is 10.2. The third-order valence-corrected chi connectivity index (χ3v) is 3.08. The Morgan fingerprint density at radius 3 is 2.14 bits per heavy atom. The van der Waals surface area contributed by atoms with Gasteiger partial charge in [-0.25, -0.2) is 5.43 Å². The molecule has 0 radical (unpaired) electrons. The van der Waals surface area contributed by atoms with Crippen molar-refractivity contribution in [3.63, 3.8) is 0 Å². The number of hydrazone groups is 1.